The van der Waals surface area contributed by atoms with Gasteiger partial charge in [0, 0.05) is 63.1 Å². The Morgan fingerprint density at radius 2 is 1.62 bits per heavy atom. The van der Waals surface area contributed by atoms with Crippen molar-refractivity contribution in [2.75, 3.05) is 49.5 Å². The minimum absolute atomic E-state index is 0.200. The normalized spacial score (nSPS) is 19.4. The first kappa shape index (κ1) is 21.2. The number of likely N-dealkylation sites (tertiary alicyclic amines) is 1. The largest absolute Gasteiger partial charge is 0.367 e. The Bertz CT molecular complexity index is 1140. The Morgan fingerprint density at radius 3 is 2.35 bits per heavy atom. The Hall–Kier alpha value is -3.36. The molecule has 0 unspecified atom stereocenters. The van der Waals surface area contributed by atoms with E-state index >= 15 is 0 Å². The summed E-state index contributed by atoms with van der Waals surface area (Å²) in [4.78, 5) is 32.8. The summed E-state index contributed by atoms with van der Waals surface area (Å²) in [5.74, 6) is 1.30. The molecule has 6 rings (SSSR count). The highest BCUT2D eigenvalue weighted by molar-refractivity contribution is 5.77. The second kappa shape index (κ2) is 9.12. The second-order valence-electron chi connectivity index (χ2n) is 9.61. The fourth-order valence-electron chi connectivity index (χ4n) is 5.50. The van der Waals surface area contributed by atoms with Crippen molar-refractivity contribution in [2.24, 2.45) is 0 Å². The van der Waals surface area contributed by atoms with E-state index in [0.717, 1.165) is 74.6 Å². The fraction of sp³-hybridized carbons (Fsp3) is 0.520. The number of carbonyl (C=O) groups excluding carboxylic acids is 1. The van der Waals surface area contributed by atoms with E-state index in [1.807, 2.05) is 28.3 Å². The average Bonchev–Trinajstić information content (AvgIpc) is 3.66. The van der Waals surface area contributed by atoms with Gasteiger partial charge in [-0.15, -0.1) is 0 Å². The lowest BCUT2D eigenvalue weighted by Gasteiger charge is -2.37. The molecule has 5 heterocycles. The molecule has 0 atom stereocenters. The lowest BCUT2D eigenvalue weighted by molar-refractivity contribution is 0.159. The number of nitrogens with one attached hydrogen (secondary N) is 1. The van der Waals surface area contributed by atoms with Gasteiger partial charge in [0.2, 0.25) is 5.95 Å². The summed E-state index contributed by atoms with van der Waals surface area (Å²) >= 11 is 0. The summed E-state index contributed by atoms with van der Waals surface area (Å²) in [6, 6.07) is 6.89. The maximum absolute atomic E-state index is 12.6. The predicted octanol–water partition coefficient (Wildman–Crippen LogP) is 4.02. The monoisotopic (exact) mass is 460 g/mol. The van der Waals surface area contributed by atoms with Crippen molar-refractivity contribution < 1.29 is 4.79 Å². The van der Waals surface area contributed by atoms with Gasteiger partial charge in [-0.2, -0.15) is 4.98 Å². The molecular weight excluding hydrogens is 428 g/mol. The van der Waals surface area contributed by atoms with Crippen molar-refractivity contribution >= 4 is 34.5 Å². The lowest BCUT2D eigenvalue weighted by Crippen LogP contribution is -2.52. The Kier molecular flexibility index (Phi) is 5.68. The van der Waals surface area contributed by atoms with Crippen molar-refractivity contribution in [1.29, 1.82) is 0 Å². The number of nitrogens with zero attached hydrogens (tertiary/aromatic N) is 7. The third kappa shape index (κ3) is 4.15. The van der Waals surface area contributed by atoms with E-state index in [1.54, 1.807) is 0 Å². The van der Waals surface area contributed by atoms with Gasteiger partial charge >= 0.3 is 6.03 Å². The molecule has 2 saturated heterocycles. The molecule has 3 aromatic rings. The fourth-order valence-corrected chi connectivity index (χ4v) is 5.50. The van der Waals surface area contributed by atoms with Crippen LogP contribution in [0.4, 0.5) is 22.2 Å². The van der Waals surface area contributed by atoms with Gasteiger partial charge in [-0.1, -0.05) is 12.8 Å². The van der Waals surface area contributed by atoms with Gasteiger partial charge in [0.1, 0.15) is 11.5 Å². The molecule has 3 aromatic heterocycles. The van der Waals surface area contributed by atoms with Crippen LogP contribution in [-0.2, 0) is 0 Å². The number of rotatable bonds is 4. The molecule has 34 heavy (non-hydrogen) atoms. The Morgan fingerprint density at radius 1 is 0.853 bits per heavy atom. The molecule has 0 spiro atoms. The summed E-state index contributed by atoms with van der Waals surface area (Å²) in [7, 11) is 0. The van der Waals surface area contributed by atoms with Crippen LogP contribution in [-0.4, -0.2) is 74.6 Å². The Balaban J connectivity index is 1.09. The highest BCUT2D eigenvalue weighted by Gasteiger charge is 2.27. The van der Waals surface area contributed by atoms with E-state index in [2.05, 4.69) is 43.1 Å². The molecule has 2 aliphatic heterocycles. The van der Waals surface area contributed by atoms with Crippen molar-refractivity contribution in [3.63, 3.8) is 0 Å². The molecule has 3 aliphatic rings. The lowest BCUT2D eigenvalue weighted by atomic mass is 10.2. The van der Waals surface area contributed by atoms with Crippen LogP contribution in [0.15, 0.2) is 36.8 Å². The van der Waals surface area contributed by atoms with E-state index in [1.165, 1.54) is 25.7 Å². The number of hydrogen-bond donors (Lipinski definition) is 1. The van der Waals surface area contributed by atoms with Crippen LogP contribution in [0.1, 0.15) is 44.6 Å². The third-order valence-corrected chi connectivity index (χ3v) is 7.45. The van der Waals surface area contributed by atoms with Crippen molar-refractivity contribution in [3.05, 3.63) is 36.8 Å². The summed E-state index contributed by atoms with van der Waals surface area (Å²) in [5, 5.41) is 4.34. The van der Waals surface area contributed by atoms with Crippen LogP contribution in [0.2, 0.25) is 0 Å². The number of urea groups is 1. The number of fused-ring (bicyclic) bond motifs is 1. The van der Waals surface area contributed by atoms with Crippen LogP contribution in [0.3, 0.4) is 0 Å². The number of aromatic nitrogens is 4. The highest BCUT2D eigenvalue weighted by Crippen LogP contribution is 2.32. The van der Waals surface area contributed by atoms with E-state index in [0.29, 0.717) is 12.0 Å². The number of hydrogen-bond acceptors (Lipinski definition) is 6. The molecule has 1 aliphatic carbocycles. The van der Waals surface area contributed by atoms with Gasteiger partial charge in [-0.3, -0.25) is 0 Å². The maximum atomic E-state index is 12.6. The number of carbonyl (C=O) groups is 1. The van der Waals surface area contributed by atoms with E-state index in [-0.39, 0.29) is 6.03 Å². The second-order valence-corrected chi connectivity index (χ2v) is 9.61. The molecule has 9 nitrogen and oxygen atoms in total. The van der Waals surface area contributed by atoms with Gasteiger partial charge < -0.3 is 24.6 Å². The quantitative estimate of drug-likeness (QED) is 0.633. The standard InChI is InChI=1S/C25H32N8O/c34-25(31-10-3-4-11-31)32-15-13-30(14-16-32)21-7-8-22(26-18-21)28-24-27-17-19-9-12-33(23(19)29-24)20-5-1-2-6-20/h7-9,12,17-18,20H,1-6,10-11,13-16H2,(H,26,27,28,29). The van der Waals surface area contributed by atoms with Crippen molar-refractivity contribution in [3.8, 4) is 0 Å². The first-order valence-corrected chi connectivity index (χ1v) is 12.6. The van der Waals surface area contributed by atoms with E-state index < -0.39 is 0 Å². The molecular formula is C25H32N8O. The number of pyridine rings is 1. The zero-order valence-electron chi connectivity index (χ0n) is 19.6. The molecule has 2 amide bonds. The minimum Gasteiger partial charge on any atom is -0.367 e. The number of piperazine rings is 1. The zero-order valence-corrected chi connectivity index (χ0v) is 19.6. The minimum atomic E-state index is 0.200. The molecule has 178 valence electrons. The topological polar surface area (TPSA) is 82.4 Å². The SMILES string of the molecule is O=C(N1CCCC1)N1CCN(c2ccc(Nc3ncc4ccn(C5CCCC5)c4n3)nc2)CC1. The first-order valence-electron chi connectivity index (χ1n) is 12.6. The zero-order chi connectivity index (χ0) is 22.9. The van der Waals surface area contributed by atoms with Gasteiger partial charge in [-0.25, -0.2) is 14.8 Å². The van der Waals surface area contributed by atoms with Gasteiger partial charge in [0.15, 0.2) is 0 Å². The molecule has 1 saturated carbocycles. The molecule has 9 heteroatoms. The molecule has 0 bridgehead atoms. The van der Waals surface area contributed by atoms with Gasteiger partial charge in [0.25, 0.3) is 0 Å². The molecule has 3 fully saturated rings. The summed E-state index contributed by atoms with van der Waals surface area (Å²) in [5.41, 5.74) is 2.06. The van der Waals surface area contributed by atoms with Crippen molar-refractivity contribution in [1.82, 2.24) is 29.3 Å². The van der Waals surface area contributed by atoms with Crippen LogP contribution in [0.5, 0.6) is 0 Å². The number of anilines is 3. The first-order chi connectivity index (χ1) is 16.7. The Labute approximate surface area is 199 Å². The summed E-state index contributed by atoms with van der Waals surface area (Å²) < 4.78 is 2.31. The maximum Gasteiger partial charge on any atom is 0.320 e. The number of amides is 2. The highest BCUT2D eigenvalue weighted by atomic mass is 16.2. The molecule has 0 radical (unpaired) electrons. The smallest absolute Gasteiger partial charge is 0.320 e. The molecule has 1 N–H and O–H groups in total. The third-order valence-electron chi connectivity index (χ3n) is 7.45. The summed E-state index contributed by atoms with van der Waals surface area (Å²) in [6.07, 6.45) is 13.2. The van der Waals surface area contributed by atoms with Gasteiger partial charge in [-0.05, 0) is 43.9 Å². The van der Waals surface area contributed by atoms with E-state index in [9.17, 15) is 4.79 Å². The van der Waals surface area contributed by atoms with Crippen molar-refractivity contribution in [2.45, 2.75) is 44.6 Å². The average molecular weight is 461 g/mol. The van der Waals surface area contributed by atoms with E-state index in [4.69, 9.17) is 4.98 Å². The van der Waals surface area contributed by atoms with Gasteiger partial charge in [0.05, 0.1) is 11.9 Å². The van der Waals surface area contributed by atoms with Crippen LogP contribution in [0.25, 0.3) is 11.0 Å². The van der Waals surface area contributed by atoms with Crippen LogP contribution < -0.4 is 10.2 Å². The summed E-state index contributed by atoms with van der Waals surface area (Å²) in [6.45, 7) is 4.96. The van der Waals surface area contributed by atoms with Crippen LogP contribution in [0, 0.1) is 0 Å². The van der Waals surface area contributed by atoms with Crippen LogP contribution >= 0.6 is 0 Å². The predicted molar refractivity (Wildman–Crippen MR) is 133 cm³/mol. The molecule has 0 aromatic carbocycles.